The number of unbranched alkanes of at least 4 members (excludes halogenated alkanes) is 4. The van der Waals surface area contributed by atoms with E-state index in [0.29, 0.717) is 17.2 Å². The molecule has 0 spiro atoms. The van der Waals surface area contributed by atoms with Crippen LogP contribution in [-0.2, 0) is 11.2 Å². The van der Waals surface area contributed by atoms with Crippen molar-refractivity contribution in [3.63, 3.8) is 0 Å². The molecule has 0 bridgehead atoms. The molecule has 0 atom stereocenters. The van der Waals surface area contributed by atoms with Crippen LogP contribution >= 0.6 is 11.6 Å². The van der Waals surface area contributed by atoms with Crippen molar-refractivity contribution < 1.29 is 9.53 Å². The Morgan fingerprint density at radius 1 is 0.920 bits per heavy atom. The zero-order valence-corrected chi connectivity index (χ0v) is 15.9. The first-order valence-electron chi connectivity index (χ1n) is 9.23. The lowest BCUT2D eigenvalue weighted by molar-refractivity contribution is -0.134. The van der Waals surface area contributed by atoms with E-state index in [-0.39, 0.29) is 5.97 Å². The second kappa shape index (κ2) is 10.2. The van der Waals surface area contributed by atoms with Crippen LogP contribution in [0.4, 0.5) is 0 Å². The molecule has 2 aromatic carbocycles. The molecule has 0 fully saturated rings. The van der Waals surface area contributed by atoms with Crippen molar-refractivity contribution in [3.05, 3.63) is 53.1 Å². The van der Waals surface area contributed by atoms with Gasteiger partial charge < -0.3 is 4.74 Å². The molecule has 134 valence electrons. The van der Waals surface area contributed by atoms with Gasteiger partial charge in [0.1, 0.15) is 5.75 Å². The summed E-state index contributed by atoms with van der Waals surface area (Å²) in [7, 11) is 0. The van der Waals surface area contributed by atoms with Crippen molar-refractivity contribution in [2.75, 3.05) is 0 Å². The molecule has 0 N–H and O–H groups in total. The van der Waals surface area contributed by atoms with Crippen molar-refractivity contribution in [2.45, 2.75) is 58.8 Å². The van der Waals surface area contributed by atoms with Crippen LogP contribution in [0.1, 0.15) is 57.9 Å². The molecule has 0 aliphatic carbocycles. The summed E-state index contributed by atoms with van der Waals surface area (Å²) in [6, 6.07) is 14.2. The first-order valence-corrected chi connectivity index (χ1v) is 9.61. The van der Waals surface area contributed by atoms with Crippen LogP contribution in [0.2, 0.25) is 5.02 Å². The predicted molar refractivity (Wildman–Crippen MR) is 105 cm³/mol. The van der Waals surface area contributed by atoms with Crippen molar-refractivity contribution in [3.8, 4) is 16.9 Å². The summed E-state index contributed by atoms with van der Waals surface area (Å²) < 4.78 is 5.21. The van der Waals surface area contributed by atoms with Crippen LogP contribution < -0.4 is 4.74 Å². The van der Waals surface area contributed by atoms with Crippen molar-refractivity contribution >= 4 is 17.6 Å². The number of ether oxygens (including phenoxy) is 1. The number of carbonyl (C=O) groups is 1. The third-order valence-corrected chi connectivity index (χ3v) is 4.60. The molecule has 2 rings (SSSR count). The van der Waals surface area contributed by atoms with Gasteiger partial charge in [-0.2, -0.15) is 0 Å². The van der Waals surface area contributed by atoms with Crippen LogP contribution in [0.25, 0.3) is 11.1 Å². The maximum absolute atomic E-state index is 11.4. The average Bonchev–Trinajstić information content (AvgIpc) is 2.63. The van der Waals surface area contributed by atoms with Crippen molar-refractivity contribution in [2.24, 2.45) is 0 Å². The topological polar surface area (TPSA) is 26.3 Å². The number of aryl methyl sites for hydroxylation is 1. The molecule has 0 saturated carbocycles. The highest BCUT2D eigenvalue weighted by Gasteiger charge is 2.08. The Balaban J connectivity index is 1.97. The molecule has 3 heteroatoms. The van der Waals surface area contributed by atoms with Crippen LogP contribution in [0.5, 0.6) is 5.75 Å². The number of halogens is 1. The van der Waals surface area contributed by atoms with E-state index in [4.69, 9.17) is 16.3 Å². The van der Waals surface area contributed by atoms with Gasteiger partial charge in [-0.05, 0) is 41.7 Å². The lowest BCUT2D eigenvalue weighted by Crippen LogP contribution is -2.05. The summed E-state index contributed by atoms with van der Waals surface area (Å²) in [5, 5.41) is 0.458. The Morgan fingerprint density at radius 3 is 2.24 bits per heavy atom. The molecular weight excluding hydrogens is 332 g/mol. The van der Waals surface area contributed by atoms with Gasteiger partial charge in [0, 0.05) is 6.42 Å². The van der Waals surface area contributed by atoms with Gasteiger partial charge in [-0.1, -0.05) is 81.5 Å². The van der Waals surface area contributed by atoms with Crippen LogP contribution in [0, 0.1) is 0 Å². The van der Waals surface area contributed by atoms with E-state index < -0.39 is 0 Å². The van der Waals surface area contributed by atoms with E-state index in [1.54, 1.807) is 13.0 Å². The Bertz CT molecular complexity index is 677. The summed E-state index contributed by atoms with van der Waals surface area (Å²) in [5.74, 6) is 0.138. The molecule has 25 heavy (non-hydrogen) atoms. The highest BCUT2D eigenvalue weighted by Crippen LogP contribution is 2.31. The van der Waals surface area contributed by atoms with Gasteiger partial charge in [0.15, 0.2) is 0 Å². The first kappa shape index (κ1) is 19.5. The molecular formula is C22H27ClO2. The zero-order chi connectivity index (χ0) is 18.1. The second-order valence-corrected chi connectivity index (χ2v) is 6.74. The summed E-state index contributed by atoms with van der Waals surface area (Å²) in [6.45, 7) is 4.00. The summed E-state index contributed by atoms with van der Waals surface area (Å²) in [4.78, 5) is 11.4. The summed E-state index contributed by atoms with van der Waals surface area (Å²) in [5.41, 5.74) is 3.51. The van der Waals surface area contributed by atoms with Crippen LogP contribution in [0.3, 0.4) is 0 Å². The van der Waals surface area contributed by atoms with Gasteiger partial charge in [0.2, 0.25) is 0 Å². The van der Waals surface area contributed by atoms with Gasteiger partial charge in [0.25, 0.3) is 0 Å². The SMILES string of the molecule is CCCCCCCc1ccc(-c2ccc(OC(=O)CC)c(Cl)c2)cc1. The van der Waals surface area contributed by atoms with Gasteiger partial charge in [-0.25, -0.2) is 0 Å². The smallest absolute Gasteiger partial charge is 0.310 e. The minimum atomic E-state index is -0.280. The van der Waals surface area contributed by atoms with Crippen molar-refractivity contribution in [1.82, 2.24) is 0 Å². The highest BCUT2D eigenvalue weighted by atomic mass is 35.5. The molecule has 0 radical (unpaired) electrons. The molecule has 0 unspecified atom stereocenters. The standard InChI is InChI=1S/C22H27ClO2/c1-3-5-6-7-8-9-17-10-12-18(13-11-17)19-14-15-21(20(23)16-19)25-22(24)4-2/h10-16H,3-9H2,1-2H3. The number of rotatable bonds is 9. The van der Waals surface area contributed by atoms with E-state index in [1.807, 2.05) is 12.1 Å². The fourth-order valence-corrected chi connectivity index (χ4v) is 2.97. The van der Waals surface area contributed by atoms with Gasteiger partial charge in [-0.3, -0.25) is 4.79 Å². The fourth-order valence-electron chi connectivity index (χ4n) is 2.75. The highest BCUT2D eigenvalue weighted by molar-refractivity contribution is 6.32. The maximum atomic E-state index is 11.4. The van der Waals surface area contributed by atoms with Crippen LogP contribution in [0.15, 0.2) is 42.5 Å². The lowest BCUT2D eigenvalue weighted by atomic mass is 10.0. The molecule has 2 nitrogen and oxygen atoms in total. The normalized spacial score (nSPS) is 10.7. The lowest BCUT2D eigenvalue weighted by Gasteiger charge is -2.08. The molecule has 2 aromatic rings. The van der Waals surface area contributed by atoms with Crippen molar-refractivity contribution in [1.29, 1.82) is 0 Å². The number of benzene rings is 2. The molecule has 0 aliphatic heterocycles. The number of carbonyl (C=O) groups excluding carboxylic acids is 1. The molecule has 0 amide bonds. The second-order valence-electron chi connectivity index (χ2n) is 6.33. The molecule has 0 aromatic heterocycles. The van der Waals surface area contributed by atoms with Gasteiger partial charge >= 0.3 is 5.97 Å². The Kier molecular flexibility index (Phi) is 8.00. The largest absolute Gasteiger partial charge is 0.425 e. The minimum Gasteiger partial charge on any atom is -0.425 e. The first-order chi connectivity index (χ1) is 12.1. The quantitative estimate of drug-likeness (QED) is 0.279. The van der Waals surface area contributed by atoms with Gasteiger partial charge in [-0.15, -0.1) is 0 Å². The van der Waals surface area contributed by atoms with E-state index in [0.717, 1.165) is 17.5 Å². The number of hydrogen-bond donors (Lipinski definition) is 0. The van der Waals surface area contributed by atoms with E-state index in [9.17, 15) is 4.79 Å². The van der Waals surface area contributed by atoms with E-state index in [1.165, 1.54) is 37.7 Å². The Morgan fingerprint density at radius 2 is 1.60 bits per heavy atom. The molecule has 0 aliphatic rings. The number of hydrogen-bond acceptors (Lipinski definition) is 2. The fraction of sp³-hybridized carbons (Fsp3) is 0.409. The van der Waals surface area contributed by atoms with E-state index >= 15 is 0 Å². The number of esters is 1. The maximum Gasteiger partial charge on any atom is 0.310 e. The van der Waals surface area contributed by atoms with E-state index in [2.05, 4.69) is 31.2 Å². The monoisotopic (exact) mass is 358 g/mol. The molecule has 0 heterocycles. The summed E-state index contributed by atoms with van der Waals surface area (Å²) in [6.07, 6.45) is 7.99. The zero-order valence-electron chi connectivity index (χ0n) is 15.2. The van der Waals surface area contributed by atoms with Gasteiger partial charge in [0.05, 0.1) is 5.02 Å². The third-order valence-electron chi connectivity index (χ3n) is 4.30. The Hall–Kier alpha value is -1.80. The van der Waals surface area contributed by atoms with Crippen LogP contribution in [-0.4, -0.2) is 5.97 Å². The molecule has 0 saturated heterocycles. The predicted octanol–water partition coefficient (Wildman–Crippen LogP) is 6.84. The summed E-state index contributed by atoms with van der Waals surface area (Å²) >= 11 is 6.24. The Labute approximate surface area is 156 Å². The minimum absolute atomic E-state index is 0.280. The third kappa shape index (κ3) is 6.21. The average molecular weight is 359 g/mol.